The highest BCUT2D eigenvalue weighted by Gasteiger charge is 2.40. The molecule has 0 bridgehead atoms. The van der Waals surface area contributed by atoms with E-state index in [2.05, 4.69) is 11.3 Å². The zero-order chi connectivity index (χ0) is 19.2. The minimum atomic E-state index is -2.05. The molecule has 0 amide bonds. The maximum Gasteiger partial charge on any atom is 0.466 e. The van der Waals surface area contributed by atoms with Crippen LogP contribution in [0, 0.1) is 0 Å². The second kappa shape index (κ2) is 13.5. The number of carbonyl (C=O) groups excluding carboxylic acids is 1. The number of ether oxygens (including phenoxy) is 7. The molecule has 0 aliphatic rings. The lowest BCUT2D eigenvalue weighted by Gasteiger charge is -2.30. The van der Waals surface area contributed by atoms with Gasteiger partial charge in [0.25, 0.3) is 6.48 Å². The number of methoxy groups -OCH3 is 5. The Morgan fingerprint density at radius 3 is 1.83 bits per heavy atom. The Morgan fingerprint density at radius 2 is 1.58 bits per heavy atom. The Labute approximate surface area is 140 Å². The average molecular weight is 352 g/mol. The van der Waals surface area contributed by atoms with Gasteiger partial charge in [0.05, 0.1) is 19.4 Å². The lowest BCUT2D eigenvalue weighted by atomic mass is 10.4. The Hall–Kier alpha value is -1.98. The first kappa shape index (κ1) is 24.3. The number of carboxylic acids is 1. The molecule has 0 fully saturated rings. The van der Waals surface area contributed by atoms with E-state index in [-0.39, 0.29) is 5.57 Å². The van der Waals surface area contributed by atoms with Gasteiger partial charge in [-0.3, -0.25) is 9.47 Å². The molecule has 0 heterocycles. The van der Waals surface area contributed by atoms with E-state index in [0.29, 0.717) is 0 Å². The van der Waals surface area contributed by atoms with E-state index in [1.807, 2.05) is 0 Å². The van der Waals surface area contributed by atoms with Gasteiger partial charge in [-0.15, -0.1) is 0 Å². The zero-order valence-electron chi connectivity index (χ0n) is 14.6. The quantitative estimate of drug-likeness (QED) is 0.262. The normalized spacial score (nSPS) is 11.0. The van der Waals surface area contributed by atoms with Crippen molar-refractivity contribution in [3.8, 4) is 0 Å². The highest BCUT2D eigenvalue weighted by molar-refractivity contribution is 5.87. The number of esters is 1. The molecule has 140 valence electrons. The number of hydrogen-bond acceptors (Lipinski definition) is 9. The number of carbonyl (C=O) groups is 2. The summed E-state index contributed by atoms with van der Waals surface area (Å²) in [4.78, 5) is 21.0. The molecular formula is C14H24O10. The van der Waals surface area contributed by atoms with Crippen LogP contribution in [0.2, 0.25) is 0 Å². The van der Waals surface area contributed by atoms with Crippen LogP contribution in [0.4, 0.5) is 0 Å². The van der Waals surface area contributed by atoms with Crippen molar-refractivity contribution in [3.63, 3.8) is 0 Å². The monoisotopic (exact) mass is 352 g/mol. The lowest BCUT2D eigenvalue weighted by Crippen LogP contribution is -2.46. The average Bonchev–Trinajstić information content (AvgIpc) is 2.57. The van der Waals surface area contributed by atoms with Crippen LogP contribution in [0.25, 0.3) is 0 Å². The van der Waals surface area contributed by atoms with Crippen LogP contribution < -0.4 is 0 Å². The van der Waals surface area contributed by atoms with Crippen molar-refractivity contribution in [1.29, 1.82) is 0 Å². The smallest absolute Gasteiger partial charge is 0.466 e. The maximum absolute atomic E-state index is 11.4. The van der Waals surface area contributed by atoms with E-state index < -0.39 is 24.6 Å². The van der Waals surface area contributed by atoms with E-state index in [1.165, 1.54) is 42.5 Å². The summed E-state index contributed by atoms with van der Waals surface area (Å²) in [5.41, 5.74) is 0.165. The summed E-state index contributed by atoms with van der Waals surface area (Å²) in [6.45, 7) is 3.78. The zero-order valence-corrected chi connectivity index (χ0v) is 14.6. The number of rotatable bonds is 10. The van der Waals surface area contributed by atoms with Gasteiger partial charge in [0.1, 0.15) is 0 Å². The van der Waals surface area contributed by atoms with Gasteiger partial charge in [0, 0.05) is 34.0 Å². The van der Waals surface area contributed by atoms with Crippen LogP contribution in [-0.2, 0) is 42.7 Å². The minimum Gasteiger partial charge on any atom is -0.504 e. The summed E-state index contributed by atoms with van der Waals surface area (Å²) in [6, 6.07) is 0. The third-order valence-corrected chi connectivity index (χ3v) is 2.04. The second-order valence-corrected chi connectivity index (χ2v) is 3.83. The van der Waals surface area contributed by atoms with E-state index in [9.17, 15) is 9.59 Å². The SMILES string of the molecule is C=C(C)C(=O)OC(OC)(OC)OC(OC)OC.COC=CC(=O)O. The first-order chi connectivity index (χ1) is 11.2. The topological polar surface area (TPSA) is 119 Å². The Bertz CT molecular complexity index is 410. The molecule has 0 spiro atoms. The molecule has 0 aromatic rings. The van der Waals surface area contributed by atoms with Crippen LogP contribution in [0.3, 0.4) is 0 Å². The Kier molecular flexibility index (Phi) is 13.6. The first-order valence-corrected chi connectivity index (χ1v) is 6.36. The second-order valence-electron chi connectivity index (χ2n) is 3.83. The molecule has 0 aromatic carbocycles. The Balaban J connectivity index is 0. The van der Waals surface area contributed by atoms with Gasteiger partial charge in [-0.1, -0.05) is 6.58 Å². The van der Waals surface area contributed by atoms with Crippen molar-refractivity contribution >= 4 is 11.9 Å². The van der Waals surface area contributed by atoms with Gasteiger partial charge in [0.15, 0.2) is 0 Å². The fourth-order valence-corrected chi connectivity index (χ4v) is 0.924. The third-order valence-electron chi connectivity index (χ3n) is 2.04. The van der Waals surface area contributed by atoms with Crippen molar-refractivity contribution in [2.45, 2.75) is 19.6 Å². The highest BCUT2D eigenvalue weighted by Crippen LogP contribution is 2.20. The molecule has 1 N–H and O–H groups in total. The van der Waals surface area contributed by atoms with Gasteiger partial charge < -0.3 is 24.1 Å². The van der Waals surface area contributed by atoms with Crippen LogP contribution >= 0.6 is 0 Å². The predicted molar refractivity (Wildman–Crippen MR) is 80.3 cm³/mol. The third kappa shape index (κ3) is 10.7. The number of aliphatic carboxylic acids is 1. The molecule has 24 heavy (non-hydrogen) atoms. The van der Waals surface area contributed by atoms with Gasteiger partial charge in [-0.05, 0) is 6.92 Å². The Morgan fingerprint density at radius 1 is 1.08 bits per heavy atom. The first-order valence-electron chi connectivity index (χ1n) is 6.36. The summed E-state index contributed by atoms with van der Waals surface area (Å²) < 4.78 is 33.5. The van der Waals surface area contributed by atoms with Crippen molar-refractivity contribution in [2.75, 3.05) is 35.5 Å². The predicted octanol–water partition coefficient (Wildman–Crippen LogP) is 0.834. The molecule has 0 atom stereocenters. The summed E-state index contributed by atoms with van der Waals surface area (Å²) >= 11 is 0. The van der Waals surface area contributed by atoms with E-state index in [4.69, 9.17) is 33.5 Å². The number of carboxylic acid groups (broad SMARTS) is 1. The van der Waals surface area contributed by atoms with Crippen LogP contribution in [0.1, 0.15) is 6.92 Å². The molecule has 10 heteroatoms. The van der Waals surface area contributed by atoms with Gasteiger partial charge in [-0.2, -0.15) is 0 Å². The fraction of sp³-hybridized carbons (Fsp3) is 0.571. The minimum absolute atomic E-state index is 0.165. The molecule has 0 aromatic heterocycles. The van der Waals surface area contributed by atoms with Gasteiger partial charge >= 0.3 is 18.1 Å². The van der Waals surface area contributed by atoms with E-state index in [0.717, 1.165) is 12.3 Å². The van der Waals surface area contributed by atoms with Crippen molar-refractivity contribution in [3.05, 3.63) is 24.5 Å². The van der Waals surface area contributed by atoms with Gasteiger partial charge in [0.2, 0.25) is 0 Å². The van der Waals surface area contributed by atoms with Crippen LogP contribution in [-0.4, -0.2) is 65.2 Å². The standard InChI is InChI=1S/C10H18O7.C4H6O3/c1-7(2)8(11)16-10(14-5,15-6)17-9(12-3)13-4;1-7-3-2-4(5)6/h9H,1H2,2-6H3;2-3H,1H3,(H,5,6). The van der Waals surface area contributed by atoms with E-state index >= 15 is 0 Å². The molecule has 0 unspecified atom stereocenters. The van der Waals surface area contributed by atoms with Crippen molar-refractivity contribution < 1.29 is 47.9 Å². The van der Waals surface area contributed by atoms with Crippen LogP contribution in [0.5, 0.6) is 0 Å². The molecule has 0 aliphatic carbocycles. The summed E-state index contributed by atoms with van der Waals surface area (Å²) in [5.74, 6) is -1.73. The van der Waals surface area contributed by atoms with Crippen LogP contribution in [0.15, 0.2) is 24.5 Å². The van der Waals surface area contributed by atoms with E-state index in [1.54, 1.807) is 0 Å². The molecule has 0 rings (SSSR count). The summed E-state index contributed by atoms with van der Waals surface area (Å²) in [6.07, 6.45) is -0.0327. The maximum atomic E-state index is 11.4. The molecular weight excluding hydrogens is 328 g/mol. The molecule has 0 radical (unpaired) electrons. The summed E-state index contributed by atoms with van der Waals surface area (Å²) in [7, 11) is 6.53. The molecule has 0 saturated heterocycles. The molecule has 10 nitrogen and oxygen atoms in total. The molecule has 0 aliphatic heterocycles. The fourth-order valence-electron chi connectivity index (χ4n) is 0.924. The highest BCUT2D eigenvalue weighted by atomic mass is 17.1. The molecule has 0 saturated carbocycles. The lowest BCUT2D eigenvalue weighted by molar-refractivity contribution is -0.517. The van der Waals surface area contributed by atoms with Crippen molar-refractivity contribution in [2.24, 2.45) is 0 Å². The summed E-state index contributed by atoms with van der Waals surface area (Å²) in [5, 5.41) is 7.88. The van der Waals surface area contributed by atoms with Crippen molar-refractivity contribution in [1.82, 2.24) is 0 Å². The largest absolute Gasteiger partial charge is 0.504 e. The number of hydrogen-bond donors (Lipinski definition) is 1. The van der Waals surface area contributed by atoms with Gasteiger partial charge in [-0.25, -0.2) is 14.3 Å².